The lowest BCUT2D eigenvalue weighted by atomic mass is 9.92. The number of aromatic nitrogens is 5. The smallest absolute Gasteiger partial charge is 0.256 e. The predicted octanol–water partition coefficient (Wildman–Crippen LogP) is 4.87. The van der Waals surface area contributed by atoms with Gasteiger partial charge in [0.05, 0.1) is 11.4 Å². The minimum atomic E-state index is -0.210. The fourth-order valence-corrected chi connectivity index (χ4v) is 3.33. The van der Waals surface area contributed by atoms with E-state index in [1.54, 1.807) is 23.1 Å². The largest absolute Gasteiger partial charge is 0.339 e. The van der Waals surface area contributed by atoms with Crippen LogP contribution in [0.25, 0.3) is 11.3 Å². The van der Waals surface area contributed by atoms with Gasteiger partial charge in [0.15, 0.2) is 0 Å². The van der Waals surface area contributed by atoms with Gasteiger partial charge in [-0.2, -0.15) is 5.10 Å². The molecule has 1 aromatic carbocycles. The molecule has 2 N–H and O–H groups in total. The summed E-state index contributed by atoms with van der Waals surface area (Å²) in [6, 6.07) is 13.1. The van der Waals surface area contributed by atoms with Crippen molar-refractivity contribution in [2.24, 2.45) is 7.05 Å². The van der Waals surface area contributed by atoms with Crippen molar-refractivity contribution in [3.8, 4) is 11.3 Å². The second-order valence-corrected chi connectivity index (χ2v) is 8.89. The minimum Gasteiger partial charge on any atom is -0.339 e. The van der Waals surface area contributed by atoms with Gasteiger partial charge in [0.2, 0.25) is 0 Å². The van der Waals surface area contributed by atoms with Crippen molar-refractivity contribution in [3.63, 3.8) is 0 Å². The standard InChI is InChI=1S/C25H27N7O/c1-16-8-9-17(24(33)30-22-14-21(25(2,3)4)31-32(22)5)13-20(16)29-23-18(7-6-11-27-23)19-10-12-26-15-28-19/h6-15H,1-5H3,(H,27,29)(H,30,33). The molecule has 0 radical (unpaired) electrons. The average Bonchev–Trinajstić information content (AvgIpc) is 3.17. The number of nitrogens with one attached hydrogen (secondary N) is 2. The van der Waals surface area contributed by atoms with Crippen LogP contribution < -0.4 is 10.6 Å². The Kier molecular flexibility index (Phi) is 5.91. The summed E-state index contributed by atoms with van der Waals surface area (Å²) >= 11 is 0. The number of hydrogen-bond acceptors (Lipinski definition) is 6. The van der Waals surface area contributed by atoms with Crippen molar-refractivity contribution in [3.05, 3.63) is 78.0 Å². The van der Waals surface area contributed by atoms with Crippen LogP contribution in [0.5, 0.6) is 0 Å². The number of hydrogen-bond donors (Lipinski definition) is 2. The molecule has 0 aliphatic carbocycles. The van der Waals surface area contributed by atoms with Crippen LogP contribution in [-0.4, -0.2) is 30.6 Å². The van der Waals surface area contributed by atoms with Crippen LogP contribution in [0.1, 0.15) is 42.4 Å². The molecular formula is C25H27N7O. The van der Waals surface area contributed by atoms with E-state index in [-0.39, 0.29) is 11.3 Å². The molecule has 0 fully saturated rings. The number of nitrogens with zero attached hydrogens (tertiary/aromatic N) is 5. The van der Waals surface area contributed by atoms with Crippen molar-refractivity contribution in [2.75, 3.05) is 10.6 Å². The Labute approximate surface area is 193 Å². The fourth-order valence-electron chi connectivity index (χ4n) is 3.33. The van der Waals surface area contributed by atoms with Gasteiger partial charge in [-0.15, -0.1) is 0 Å². The molecule has 0 bridgehead atoms. The van der Waals surface area contributed by atoms with Crippen LogP contribution in [0.2, 0.25) is 0 Å². The molecule has 0 saturated carbocycles. The Morgan fingerprint density at radius 1 is 1.03 bits per heavy atom. The highest BCUT2D eigenvalue weighted by Gasteiger charge is 2.20. The van der Waals surface area contributed by atoms with E-state index in [2.05, 4.69) is 51.5 Å². The Morgan fingerprint density at radius 2 is 1.85 bits per heavy atom. The van der Waals surface area contributed by atoms with Gasteiger partial charge in [-0.1, -0.05) is 26.8 Å². The Morgan fingerprint density at radius 3 is 2.55 bits per heavy atom. The van der Waals surface area contributed by atoms with Gasteiger partial charge < -0.3 is 10.6 Å². The van der Waals surface area contributed by atoms with E-state index >= 15 is 0 Å². The molecule has 168 valence electrons. The third kappa shape index (κ3) is 4.90. The Balaban J connectivity index is 1.60. The lowest BCUT2D eigenvalue weighted by molar-refractivity contribution is 0.102. The molecule has 4 rings (SSSR count). The van der Waals surface area contributed by atoms with E-state index in [0.29, 0.717) is 17.2 Å². The van der Waals surface area contributed by atoms with E-state index in [9.17, 15) is 4.79 Å². The van der Waals surface area contributed by atoms with Crippen LogP contribution in [0.15, 0.2) is 61.2 Å². The summed E-state index contributed by atoms with van der Waals surface area (Å²) in [6.45, 7) is 8.25. The lowest BCUT2D eigenvalue weighted by Crippen LogP contribution is -2.15. The molecule has 0 unspecified atom stereocenters. The molecule has 3 heterocycles. The summed E-state index contributed by atoms with van der Waals surface area (Å²) in [6.07, 6.45) is 4.92. The van der Waals surface area contributed by atoms with Crippen molar-refractivity contribution >= 4 is 23.2 Å². The van der Waals surface area contributed by atoms with Crippen molar-refractivity contribution in [1.29, 1.82) is 0 Å². The summed E-state index contributed by atoms with van der Waals surface area (Å²) in [5.41, 5.74) is 4.72. The molecule has 0 atom stereocenters. The fraction of sp³-hybridized carbons (Fsp3) is 0.240. The molecule has 0 aliphatic heterocycles. The van der Waals surface area contributed by atoms with E-state index in [4.69, 9.17) is 0 Å². The van der Waals surface area contributed by atoms with Crippen LogP contribution in [-0.2, 0) is 12.5 Å². The molecule has 0 saturated heterocycles. The zero-order chi connectivity index (χ0) is 23.6. The van der Waals surface area contributed by atoms with Gasteiger partial charge in [-0.3, -0.25) is 9.48 Å². The molecule has 33 heavy (non-hydrogen) atoms. The van der Waals surface area contributed by atoms with Crippen LogP contribution in [0, 0.1) is 6.92 Å². The maximum Gasteiger partial charge on any atom is 0.256 e. The first-order valence-corrected chi connectivity index (χ1v) is 10.7. The summed E-state index contributed by atoms with van der Waals surface area (Å²) in [5, 5.41) is 10.9. The zero-order valence-corrected chi connectivity index (χ0v) is 19.4. The van der Waals surface area contributed by atoms with Gasteiger partial charge in [-0.05, 0) is 42.8 Å². The Bertz CT molecular complexity index is 1290. The number of pyridine rings is 1. The predicted molar refractivity (Wildman–Crippen MR) is 130 cm³/mol. The first-order chi connectivity index (χ1) is 15.7. The van der Waals surface area contributed by atoms with Gasteiger partial charge in [0.1, 0.15) is 18.0 Å². The van der Waals surface area contributed by atoms with Crippen LogP contribution in [0.4, 0.5) is 17.3 Å². The van der Waals surface area contributed by atoms with Crippen molar-refractivity contribution in [2.45, 2.75) is 33.1 Å². The summed E-state index contributed by atoms with van der Waals surface area (Å²) in [4.78, 5) is 25.8. The summed E-state index contributed by atoms with van der Waals surface area (Å²) in [7, 11) is 1.82. The first-order valence-electron chi connectivity index (χ1n) is 10.7. The maximum atomic E-state index is 13.0. The van der Waals surface area contributed by atoms with Crippen LogP contribution in [0.3, 0.4) is 0 Å². The number of carbonyl (C=O) groups is 1. The maximum absolute atomic E-state index is 13.0. The average molecular weight is 442 g/mol. The topological polar surface area (TPSA) is 97.6 Å². The van der Waals surface area contributed by atoms with Crippen LogP contribution >= 0.6 is 0 Å². The number of carbonyl (C=O) groups excluding carboxylic acids is 1. The number of anilines is 3. The molecule has 1 amide bonds. The van der Waals surface area contributed by atoms with E-state index in [1.165, 1.54) is 6.33 Å². The molecule has 0 aliphatic rings. The first kappa shape index (κ1) is 22.1. The number of amides is 1. The SMILES string of the molecule is Cc1ccc(C(=O)Nc2cc(C(C)(C)C)nn2C)cc1Nc1ncccc1-c1ccncn1. The van der Waals surface area contributed by atoms with Gasteiger partial charge in [0, 0.05) is 47.7 Å². The molecule has 0 spiro atoms. The highest BCUT2D eigenvalue weighted by Crippen LogP contribution is 2.29. The number of benzene rings is 1. The third-order valence-corrected chi connectivity index (χ3v) is 5.31. The quantitative estimate of drug-likeness (QED) is 0.458. The van der Waals surface area contributed by atoms with E-state index in [0.717, 1.165) is 28.2 Å². The van der Waals surface area contributed by atoms with Crippen molar-refractivity contribution in [1.82, 2.24) is 24.7 Å². The van der Waals surface area contributed by atoms with Gasteiger partial charge in [-0.25, -0.2) is 15.0 Å². The molecule has 8 heteroatoms. The summed E-state index contributed by atoms with van der Waals surface area (Å²) < 4.78 is 1.69. The molecule has 3 aromatic heterocycles. The van der Waals surface area contributed by atoms with Crippen molar-refractivity contribution < 1.29 is 4.79 Å². The monoisotopic (exact) mass is 441 g/mol. The number of aryl methyl sites for hydroxylation is 2. The zero-order valence-electron chi connectivity index (χ0n) is 19.4. The highest BCUT2D eigenvalue weighted by atomic mass is 16.1. The highest BCUT2D eigenvalue weighted by molar-refractivity contribution is 6.04. The molecule has 4 aromatic rings. The third-order valence-electron chi connectivity index (χ3n) is 5.31. The minimum absolute atomic E-state index is 0.105. The van der Waals surface area contributed by atoms with Gasteiger partial charge in [0.25, 0.3) is 5.91 Å². The second-order valence-electron chi connectivity index (χ2n) is 8.89. The summed E-state index contributed by atoms with van der Waals surface area (Å²) in [5.74, 6) is 1.09. The Hall–Kier alpha value is -4.07. The second kappa shape index (κ2) is 8.82. The lowest BCUT2D eigenvalue weighted by Gasteiger charge is -2.14. The normalized spacial score (nSPS) is 11.3. The molecular weight excluding hydrogens is 414 g/mol. The van der Waals surface area contributed by atoms with Gasteiger partial charge >= 0.3 is 0 Å². The number of rotatable bonds is 5. The van der Waals surface area contributed by atoms with E-state index < -0.39 is 0 Å². The molecule has 8 nitrogen and oxygen atoms in total. The van der Waals surface area contributed by atoms with E-state index in [1.807, 2.05) is 50.4 Å².